The molecule has 1 aliphatic heterocycles. The highest BCUT2D eigenvalue weighted by atomic mass is 16.2. The van der Waals surface area contributed by atoms with Crippen LogP contribution < -0.4 is 5.73 Å². The molecule has 0 radical (unpaired) electrons. The predicted octanol–water partition coefficient (Wildman–Crippen LogP) is 3.96. The van der Waals surface area contributed by atoms with Crippen LogP contribution in [0.25, 0.3) is 0 Å². The maximum Gasteiger partial charge on any atom is 0.254 e. The zero-order valence-corrected chi connectivity index (χ0v) is 16.0. The van der Waals surface area contributed by atoms with E-state index >= 15 is 0 Å². The molecule has 0 atom stereocenters. The van der Waals surface area contributed by atoms with E-state index in [1.165, 1.54) is 22.3 Å². The second-order valence-corrected chi connectivity index (χ2v) is 8.71. The summed E-state index contributed by atoms with van der Waals surface area (Å²) in [5, 5.41) is 0. The minimum atomic E-state index is -0.188. The van der Waals surface area contributed by atoms with Crippen molar-refractivity contribution in [2.45, 2.75) is 57.5 Å². The average molecular weight is 348 g/mol. The van der Waals surface area contributed by atoms with Crippen molar-refractivity contribution >= 4 is 5.91 Å². The zero-order chi connectivity index (χ0) is 18.5. The van der Waals surface area contributed by atoms with Crippen molar-refractivity contribution in [1.29, 1.82) is 0 Å². The Labute approximate surface area is 156 Å². The molecule has 136 valence electrons. The average Bonchev–Trinajstić information content (AvgIpc) is 3.42. The molecule has 3 nitrogen and oxygen atoms in total. The summed E-state index contributed by atoms with van der Waals surface area (Å²) in [6.07, 6.45) is 3.21. The molecule has 1 fully saturated rings. The summed E-state index contributed by atoms with van der Waals surface area (Å²) < 4.78 is 0. The number of carbonyl (C=O) groups is 1. The maximum atomic E-state index is 13.3. The Bertz CT molecular complexity index is 847. The molecule has 4 rings (SSSR count). The lowest BCUT2D eigenvalue weighted by atomic mass is 9.84. The Hall–Kier alpha value is -2.13. The lowest BCUT2D eigenvalue weighted by molar-refractivity contribution is 0.0488. The van der Waals surface area contributed by atoms with E-state index in [4.69, 9.17) is 5.73 Å². The molecule has 0 aromatic heterocycles. The predicted molar refractivity (Wildman–Crippen MR) is 105 cm³/mol. The second-order valence-electron chi connectivity index (χ2n) is 8.71. The van der Waals surface area contributed by atoms with Gasteiger partial charge in [-0.05, 0) is 68.9 Å². The Morgan fingerprint density at radius 1 is 1.08 bits per heavy atom. The lowest BCUT2D eigenvalue weighted by Crippen LogP contribution is -2.51. The standard InChI is InChI=1S/C23H28N2O/c1-16-4-5-18-13-22(2,3)25(14-19(18)12-16)21(26)17-6-8-20(9-7-17)23(15-24)10-11-23/h4-9,12H,10-11,13-15,24H2,1-3H3. The number of hydrogen-bond donors (Lipinski definition) is 1. The molecule has 2 aromatic carbocycles. The quantitative estimate of drug-likeness (QED) is 0.912. The van der Waals surface area contributed by atoms with Crippen molar-refractivity contribution in [1.82, 2.24) is 4.90 Å². The largest absolute Gasteiger partial charge is 0.330 e. The molecule has 1 saturated carbocycles. The monoisotopic (exact) mass is 348 g/mol. The highest BCUT2D eigenvalue weighted by molar-refractivity contribution is 5.95. The highest BCUT2D eigenvalue weighted by Crippen LogP contribution is 2.47. The van der Waals surface area contributed by atoms with E-state index in [0.29, 0.717) is 13.1 Å². The molecule has 0 bridgehead atoms. The normalized spacial score (nSPS) is 19.8. The van der Waals surface area contributed by atoms with Gasteiger partial charge in [-0.1, -0.05) is 35.9 Å². The van der Waals surface area contributed by atoms with Crippen LogP contribution in [0, 0.1) is 6.92 Å². The molecule has 1 amide bonds. The third-order valence-corrected chi connectivity index (χ3v) is 6.28. The van der Waals surface area contributed by atoms with Crippen molar-refractivity contribution in [2.75, 3.05) is 6.54 Å². The van der Waals surface area contributed by atoms with E-state index in [-0.39, 0.29) is 16.9 Å². The van der Waals surface area contributed by atoms with Gasteiger partial charge in [0.15, 0.2) is 0 Å². The number of fused-ring (bicyclic) bond motifs is 1. The first kappa shape index (κ1) is 17.3. The van der Waals surface area contributed by atoms with Gasteiger partial charge in [-0.25, -0.2) is 0 Å². The lowest BCUT2D eigenvalue weighted by Gasteiger charge is -2.43. The molecule has 1 aliphatic carbocycles. The Balaban J connectivity index is 1.61. The van der Waals surface area contributed by atoms with E-state index in [0.717, 1.165) is 24.8 Å². The van der Waals surface area contributed by atoms with Crippen LogP contribution in [0.3, 0.4) is 0 Å². The minimum Gasteiger partial charge on any atom is -0.330 e. The van der Waals surface area contributed by atoms with Crippen molar-refractivity contribution < 1.29 is 4.79 Å². The SMILES string of the molecule is Cc1ccc2c(c1)CN(C(=O)c1ccc(C3(CN)CC3)cc1)C(C)(C)C2. The van der Waals surface area contributed by atoms with Crippen molar-refractivity contribution in [3.8, 4) is 0 Å². The van der Waals surface area contributed by atoms with Crippen LogP contribution in [-0.2, 0) is 18.4 Å². The number of amides is 1. The van der Waals surface area contributed by atoms with Crippen LogP contribution in [0.1, 0.15) is 59.3 Å². The zero-order valence-electron chi connectivity index (χ0n) is 16.0. The van der Waals surface area contributed by atoms with Crippen molar-refractivity contribution in [3.63, 3.8) is 0 Å². The molecular formula is C23H28N2O. The Morgan fingerprint density at radius 3 is 2.38 bits per heavy atom. The molecular weight excluding hydrogens is 320 g/mol. The highest BCUT2D eigenvalue weighted by Gasteiger charge is 2.43. The van der Waals surface area contributed by atoms with Gasteiger partial charge in [0, 0.05) is 29.6 Å². The summed E-state index contributed by atoms with van der Waals surface area (Å²) >= 11 is 0. The van der Waals surface area contributed by atoms with E-state index < -0.39 is 0 Å². The summed E-state index contributed by atoms with van der Waals surface area (Å²) in [5.41, 5.74) is 11.8. The third kappa shape index (κ3) is 2.84. The van der Waals surface area contributed by atoms with Crippen LogP contribution in [0.4, 0.5) is 0 Å². The summed E-state index contributed by atoms with van der Waals surface area (Å²) in [5.74, 6) is 0.117. The van der Waals surface area contributed by atoms with E-state index in [1.54, 1.807) is 0 Å². The number of benzene rings is 2. The maximum absolute atomic E-state index is 13.3. The van der Waals surface area contributed by atoms with Crippen LogP contribution in [0.5, 0.6) is 0 Å². The van der Waals surface area contributed by atoms with Crippen molar-refractivity contribution in [2.24, 2.45) is 5.73 Å². The molecule has 2 aliphatic rings. The van der Waals surface area contributed by atoms with Gasteiger partial charge in [0.1, 0.15) is 0 Å². The first-order valence-corrected chi connectivity index (χ1v) is 9.56. The molecule has 1 heterocycles. The summed E-state index contributed by atoms with van der Waals surface area (Å²) in [4.78, 5) is 15.3. The van der Waals surface area contributed by atoms with Gasteiger partial charge in [0.05, 0.1) is 0 Å². The van der Waals surface area contributed by atoms with Gasteiger partial charge >= 0.3 is 0 Å². The van der Waals surface area contributed by atoms with Gasteiger partial charge in [-0.15, -0.1) is 0 Å². The van der Waals surface area contributed by atoms with Crippen LogP contribution in [0.15, 0.2) is 42.5 Å². The molecule has 3 heteroatoms. The second kappa shape index (κ2) is 5.95. The van der Waals surface area contributed by atoms with Gasteiger partial charge in [0.2, 0.25) is 0 Å². The van der Waals surface area contributed by atoms with E-state index in [2.05, 4.69) is 51.1 Å². The minimum absolute atomic E-state index is 0.117. The van der Waals surface area contributed by atoms with Gasteiger partial charge in [-0.2, -0.15) is 0 Å². The fourth-order valence-corrected chi connectivity index (χ4v) is 4.25. The van der Waals surface area contributed by atoms with E-state index in [1.807, 2.05) is 17.0 Å². The smallest absolute Gasteiger partial charge is 0.254 e. The van der Waals surface area contributed by atoms with Crippen LogP contribution in [-0.4, -0.2) is 22.9 Å². The third-order valence-electron chi connectivity index (χ3n) is 6.28. The number of aryl methyl sites for hydroxylation is 1. The molecule has 2 N–H and O–H groups in total. The first-order valence-electron chi connectivity index (χ1n) is 9.56. The van der Waals surface area contributed by atoms with Gasteiger partial charge in [0.25, 0.3) is 5.91 Å². The van der Waals surface area contributed by atoms with Gasteiger partial charge in [-0.3, -0.25) is 4.79 Å². The first-order chi connectivity index (χ1) is 12.3. The molecule has 0 saturated heterocycles. The molecule has 0 spiro atoms. The van der Waals surface area contributed by atoms with Gasteiger partial charge < -0.3 is 10.6 Å². The van der Waals surface area contributed by atoms with Crippen LogP contribution in [0.2, 0.25) is 0 Å². The number of rotatable bonds is 3. The summed E-state index contributed by atoms with van der Waals surface area (Å²) in [6.45, 7) is 7.80. The Morgan fingerprint density at radius 2 is 1.77 bits per heavy atom. The topological polar surface area (TPSA) is 46.3 Å². The summed E-state index contributed by atoms with van der Waals surface area (Å²) in [6, 6.07) is 14.8. The Kier molecular flexibility index (Phi) is 3.96. The number of nitrogens with zero attached hydrogens (tertiary/aromatic N) is 1. The number of carbonyl (C=O) groups excluding carboxylic acids is 1. The van der Waals surface area contributed by atoms with Crippen molar-refractivity contribution in [3.05, 3.63) is 70.3 Å². The fourth-order valence-electron chi connectivity index (χ4n) is 4.25. The fraction of sp³-hybridized carbons (Fsp3) is 0.435. The van der Waals surface area contributed by atoms with E-state index in [9.17, 15) is 4.79 Å². The van der Waals surface area contributed by atoms with Crippen LogP contribution >= 0.6 is 0 Å². The summed E-state index contributed by atoms with van der Waals surface area (Å²) in [7, 11) is 0. The number of nitrogens with two attached hydrogens (primary N) is 1. The molecule has 2 aromatic rings. The molecule has 26 heavy (non-hydrogen) atoms. The number of hydrogen-bond acceptors (Lipinski definition) is 2. The molecule has 0 unspecified atom stereocenters.